The molecule has 2 N–H and O–H groups in total. The summed E-state index contributed by atoms with van der Waals surface area (Å²) in [6.45, 7) is 9.98. The second kappa shape index (κ2) is 8.46. The number of hydrogen-bond acceptors (Lipinski definition) is 4. The summed E-state index contributed by atoms with van der Waals surface area (Å²) in [5.74, 6) is 0. The summed E-state index contributed by atoms with van der Waals surface area (Å²) < 4.78 is 28.0. The Morgan fingerprint density at radius 3 is 2.37 bits per heavy atom. The highest BCUT2D eigenvalue weighted by molar-refractivity contribution is 8.00. The topological polar surface area (TPSA) is 61.4 Å². The summed E-state index contributed by atoms with van der Waals surface area (Å²) in [4.78, 5) is 0. The minimum absolute atomic E-state index is 0.0902. The lowest BCUT2D eigenvalue weighted by Gasteiger charge is -2.24. The first-order valence-electron chi connectivity index (χ1n) is 6.60. The standard InChI is InChI=1S/C12H29N3O2S2/c1-11(2)13-8-7-9-15(5)19(16,17)14-10-12(3,4)18-6/h11,13-14H,7-10H2,1-6H3. The van der Waals surface area contributed by atoms with E-state index in [9.17, 15) is 8.42 Å². The van der Waals surface area contributed by atoms with Gasteiger partial charge < -0.3 is 5.32 Å². The summed E-state index contributed by atoms with van der Waals surface area (Å²) in [6.07, 6.45) is 2.79. The molecule has 0 rings (SSSR count). The molecule has 5 nitrogen and oxygen atoms in total. The van der Waals surface area contributed by atoms with Crippen LogP contribution < -0.4 is 10.0 Å². The fraction of sp³-hybridized carbons (Fsp3) is 1.00. The molecule has 0 aromatic carbocycles. The van der Waals surface area contributed by atoms with Crippen molar-refractivity contribution in [1.29, 1.82) is 0 Å². The Kier molecular flexibility index (Phi) is 8.54. The maximum absolute atomic E-state index is 12.0. The highest BCUT2D eigenvalue weighted by Crippen LogP contribution is 2.19. The van der Waals surface area contributed by atoms with E-state index in [-0.39, 0.29) is 4.75 Å². The lowest BCUT2D eigenvalue weighted by Crippen LogP contribution is -2.44. The summed E-state index contributed by atoms with van der Waals surface area (Å²) in [5, 5.41) is 3.27. The van der Waals surface area contributed by atoms with Crippen LogP contribution in [0.5, 0.6) is 0 Å². The van der Waals surface area contributed by atoms with Crippen molar-refractivity contribution in [3.63, 3.8) is 0 Å². The number of hydrogen-bond donors (Lipinski definition) is 2. The van der Waals surface area contributed by atoms with Gasteiger partial charge in [-0.2, -0.15) is 24.5 Å². The molecule has 0 fully saturated rings. The molecule has 7 heteroatoms. The molecule has 0 aromatic rings. The molecule has 0 saturated heterocycles. The van der Waals surface area contributed by atoms with E-state index in [0.29, 0.717) is 19.1 Å². The summed E-state index contributed by atoms with van der Waals surface area (Å²) in [7, 11) is -1.75. The quantitative estimate of drug-likeness (QED) is 0.597. The average molecular weight is 312 g/mol. The van der Waals surface area contributed by atoms with E-state index in [1.807, 2.05) is 20.1 Å². The van der Waals surface area contributed by atoms with Gasteiger partial charge in [-0.3, -0.25) is 0 Å². The zero-order chi connectivity index (χ0) is 15.1. The van der Waals surface area contributed by atoms with Gasteiger partial charge in [-0.05, 0) is 33.1 Å². The number of rotatable bonds is 10. The summed E-state index contributed by atoms with van der Waals surface area (Å²) in [6, 6.07) is 0.433. The zero-order valence-corrected chi connectivity index (χ0v) is 14.6. The number of thioether (sulfide) groups is 1. The van der Waals surface area contributed by atoms with E-state index >= 15 is 0 Å². The third kappa shape index (κ3) is 8.86. The molecular weight excluding hydrogens is 282 g/mol. The van der Waals surface area contributed by atoms with Gasteiger partial charge in [0.1, 0.15) is 0 Å². The first-order chi connectivity index (χ1) is 8.60. The van der Waals surface area contributed by atoms with Crippen LogP contribution >= 0.6 is 11.8 Å². The number of nitrogens with zero attached hydrogens (tertiary/aromatic N) is 1. The second-order valence-electron chi connectivity index (χ2n) is 5.57. The van der Waals surface area contributed by atoms with Gasteiger partial charge in [0.15, 0.2) is 0 Å². The largest absolute Gasteiger partial charge is 0.314 e. The molecule has 0 saturated carbocycles. The van der Waals surface area contributed by atoms with Gasteiger partial charge in [-0.15, -0.1) is 0 Å². The molecular formula is C12H29N3O2S2. The highest BCUT2D eigenvalue weighted by atomic mass is 32.2. The van der Waals surface area contributed by atoms with Gasteiger partial charge in [0.25, 0.3) is 10.2 Å². The Hall–Kier alpha value is 0.180. The van der Waals surface area contributed by atoms with Crippen molar-refractivity contribution in [2.75, 3.05) is 32.9 Å². The molecule has 0 radical (unpaired) electrons. The maximum atomic E-state index is 12.0. The average Bonchev–Trinajstić information content (AvgIpc) is 2.32. The van der Waals surface area contributed by atoms with Crippen molar-refractivity contribution < 1.29 is 8.42 Å². The molecule has 0 unspecified atom stereocenters. The van der Waals surface area contributed by atoms with Crippen LogP contribution in [0.4, 0.5) is 0 Å². The number of nitrogens with one attached hydrogen (secondary N) is 2. The van der Waals surface area contributed by atoms with Crippen LogP contribution in [0.2, 0.25) is 0 Å². The minimum Gasteiger partial charge on any atom is -0.314 e. The second-order valence-corrected chi connectivity index (χ2v) is 8.95. The van der Waals surface area contributed by atoms with Gasteiger partial charge in [0.05, 0.1) is 0 Å². The monoisotopic (exact) mass is 311 g/mol. The highest BCUT2D eigenvalue weighted by Gasteiger charge is 2.22. The third-order valence-electron chi connectivity index (χ3n) is 2.85. The third-order valence-corrected chi connectivity index (χ3v) is 5.61. The Balaban J connectivity index is 4.11. The van der Waals surface area contributed by atoms with Crippen LogP contribution in [0.1, 0.15) is 34.1 Å². The molecule has 0 heterocycles. The smallest absolute Gasteiger partial charge is 0.279 e. The molecule has 0 aromatic heterocycles. The first-order valence-corrected chi connectivity index (χ1v) is 9.26. The summed E-state index contributed by atoms with van der Waals surface area (Å²) >= 11 is 1.65. The van der Waals surface area contributed by atoms with Gasteiger partial charge in [0.2, 0.25) is 0 Å². The van der Waals surface area contributed by atoms with E-state index < -0.39 is 10.2 Å². The molecule has 0 bridgehead atoms. The van der Waals surface area contributed by atoms with Crippen molar-refractivity contribution in [3.05, 3.63) is 0 Å². The van der Waals surface area contributed by atoms with Crippen molar-refractivity contribution in [2.45, 2.75) is 44.9 Å². The van der Waals surface area contributed by atoms with Crippen molar-refractivity contribution in [1.82, 2.24) is 14.3 Å². The van der Waals surface area contributed by atoms with Gasteiger partial charge in [-0.25, -0.2) is 4.72 Å². The van der Waals surface area contributed by atoms with Crippen molar-refractivity contribution in [2.24, 2.45) is 0 Å². The van der Waals surface area contributed by atoms with Crippen LogP contribution in [0.25, 0.3) is 0 Å². The first kappa shape index (κ1) is 19.2. The lowest BCUT2D eigenvalue weighted by atomic mass is 10.2. The molecule has 19 heavy (non-hydrogen) atoms. The Morgan fingerprint density at radius 1 is 1.32 bits per heavy atom. The molecule has 116 valence electrons. The predicted octanol–water partition coefficient (Wildman–Crippen LogP) is 1.28. The molecule has 0 aliphatic carbocycles. The Bertz CT molecular complexity index is 343. The lowest BCUT2D eigenvalue weighted by molar-refractivity contribution is 0.437. The van der Waals surface area contributed by atoms with Crippen LogP contribution in [0, 0.1) is 0 Å². The zero-order valence-electron chi connectivity index (χ0n) is 13.0. The fourth-order valence-electron chi connectivity index (χ4n) is 1.26. The molecule has 0 amide bonds. The van der Waals surface area contributed by atoms with Crippen LogP contribution in [-0.4, -0.2) is 56.4 Å². The van der Waals surface area contributed by atoms with Crippen LogP contribution in [0.15, 0.2) is 0 Å². The van der Waals surface area contributed by atoms with Crippen LogP contribution in [-0.2, 0) is 10.2 Å². The van der Waals surface area contributed by atoms with E-state index in [4.69, 9.17) is 0 Å². The summed E-state index contributed by atoms with van der Waals surface area (Å²) in [5.41, 5.74) is 0. The normalized spacial score (nSPS) is 13.5. The van der Waals surface area contributed by atoms with Gasteiger partial charge in [0, 0.05) is 30.9 Å². The van der Waals surface area contributed by atoms with E-state index in [1.54, 1.807) is 18.8 Å². The van der Waals surface area contributed by atoms with E-state index in [1.165, 1.54) is 4.31 Å². The molecule has 0 atom stereocenters. The minimum atomic E-state index is -3.36. The van der Waals surface area contributed by atoms with Crippen molar-refractivity contribution in [3.8, 4) is 0 Å². The molecule has 0 aliphatic heterocycles. The molecule has 0 spiro atoms. The van der Waals surface area contributed by atoms with Crippen molar-refractivity contribution >= 4 is 22.0 Å². The van der Waals surface area contributed by atoms with Crippen LogP contribution in [0.3, 0.4) is 0 Å². The SMILES string of the molecule is CSC(C)(C)CNS(=O)(=O)N(C)CCCNC(C)C. The van der Waals surface area contributed by atoms with E-state index in [2.05, 4.69) is 23.9 Å². The Morgan fingerprint density at radius 2 is 1.89 bits per heavy atom. The van der Waals surface area contributed by atoms with Gasteiger partial charge in [-0.1, -0.05) is 13.8 Å². The fourth-order valence-corrected chi connectivity index (χ4v) is 2.70. The maximum Gasteiger partial charge on any atom is 0.279 e. The van der Waals surface area contributed by atoms with E-state index in [0.717, 1.165) is 13.0 Å². The Labute approximate surface area is 123 Å². The predicted molar refractivity (Wildman–Crippen MR) is 84.9 cm³/mol. The van der Waals surface area contributed by atoms with Gasteiger partial charge >= 0.3 is 0 Å². The molecule has 0 aliphatic rings.